The molecule has 0 aliphatic carbocycles. The molecule has 3 rings (SSSR count). The predicted octanol–water partition coefficient (Wildman–Crippen LogP) is 1.93. The largest absolute Gasteiger partial charge is 0.491 e. The maximum Gasteiger partial charge on any atom is 0.332 e. The highest BCUT2D eigenvalue weighted by Gasteiger charge is 2.20. The third-order valence-corrected chi connectivity index (χ3v) is 5.46. The van der Waals surface area contributed by atoms with Gasteiger partial charge in [0.05, 0.1) is 6.54 Å². The molecule has 1 aromatic carbocycles. The fraction of sp³-hybridized carbons (Fsp3) is 0.450. The van der Waals surface area contributed by atoms with E-state index in [1.54, 1.807) is 11.6 Å². The van der Waals surface area contributed by atoms with Crippen molar-refractivity contribution in [3.8, 4) is 5.75 Å². The topological polar surface area (TPSA) is 91.3 Å². The van der Waals surface area contributed by atoms with Crippen molar-refractivity contribution in [1.82, 2.24) is 18.7 Å². The Bertz CT molecular complexity index is 1150. The molecule has 3 aromatic rings. The first-order valence-corrected chi connectivity index (χ1v) is 10.0. The summed E-state index contributed by atoms with van der Waals surface area (Å²) in [7, 11) is 2.96. The number of aryl methyl sites for hydroxylation is 1. The van der Waals surface area contributed by atoms with Gasteiger partial charge in [0.15, 0.2) is 15.9 Å². The van der Waals surface area contributed by atoms with Crippen LogP contribution in [0.2, 0.25) is 0 Å². The molecule has 0 saturated heterocycles. The number of imidazole rings is 1. The molecule has 0 amide bonds. The van der Waals surface area contributed by atoms with Crippen LogP contribution < -0.4 is 16.0 Å². The minimum Gasteiger partial charge on any atom is -0.491 e. The molecule has 9 heteroatoms. The van der Waals surface area contributed by atoms with E-state index >= 15 is 0 Å². The van der Waals surface area contributed by atoms with E-state index in [4.69, 9.17) is 4.74 Å². The van der Waals surface area contributed by atoms with Crippen molar-refractivity contribution in [3.63, 3.8) is 0 Å². The highest BCUT2D eigenvalue weighted by Crippen LogP contribution is 2.24. The smallest absolute Gasteiger partial charge is 0.332 e. The van der Waals surface area contributed by atoms with E-state index in [-0.39, 0.29) is 29.7 Å². The number of aliphatic hydroxyl groups is 1. The number of hydrogen-bond acceptors (Lipinski definition) is 5. The van der Waals surface area contributed by atoms with Crippen LogP contribution in [0.3, 0.4) is 0 Å². The second-order valence-corrected chi connectivity index (χ2v) is 8.82. The summed E-state index contributed by atoms with van der Waals surface area (Å²) in [4.78, 5) is 28.9. The van der Waals surface area contributed by atoms with Gasteiger partial charge in [-0.1, -0.05) is 32.9 Å². The van der Waals surface area contributed by atoms with Gasteiger partial charge in [0.1, 0.15) is 18.5 Å². The van der Waals surface area contributed by atoms with E-state index in [2.05, 4.69) is 41.7 Å². The van der Waals surface area contributed by atoms with Crippen LogP contribution >= 0.6 is 15.9 Å². The number of aromatic nitrogens is 4. The third-order valence-electron chi connectivity index (χ3n) is 4.86. The Hall–Kier alpha value is -2.39. The molecule has 1 unspecified atom stereocenters. The van der Waals surface area contributed by atoms with Crippen molar-refractivity contribution in [2.24, 2.45) is 14.1 Å². The zero-order valence-electron chi connectivity index (χ0n) is 17.1. The van der Waals surface area contributed by atoms with Gasteiger partial charge in [-0.05, 0) is 39.0 Å². The summed E-state index contributed by atoms with van der Waals surface area (Å²) in [6, 6.07) is 7.76. The summed E-state index contributed by atoms with van der Waals surface area (Å²) >= 11 is 3.31. The number of fused-ring (bicyclic) bond motifs is 1. The third kappa shape index (κ3) is 4.16. The lowest BCUT2D eigenvalue weighted by atomic mass is 9.87. The van der Waals surface area contributed by atoms with Crippen LogP contribution in [0.4, 0.5) is 0 Å². The molecule has 0 aliphatic heterocycles. The van der Waals surface area contributed by atoms with E-state index in [0.717, 1.165) is 4.57 Å². The summed E-state index contributed by atoms with van der Waals surface area (Å²) in [6.07, 6.45) is -0.882. The monoisotopic (exact) mass is 464 g/mol. The fourth-order valence-electron chi connectivity index (χ4n) is 3.09. The maximum absolute atomic E-state index is 12.6. The molecule has 0 bridgehead atoms. The predicted molar refractivity (Wildman–Crippen MR) is 115 cm³/mol. The normalized spacial score (nSPS) is 13.1. The zero-order valence-corrected chi connectivity index (χ0v) is 18.7. The Balaban J connectivity index is 1.78. The number of halogens is 1. The molecule has 2 aromatic heterocycles. The molecule has 0 radical (unpaired) electrons. The van der Waals surface area contributed by atoms with Gasteiger partial charge in [0.25, 0.3) is 5.56 Å². The molecule has 2 heterocycles. The van der Waals surface area contributed by atoms with E-state index in [9.17, 15) is 14.7 Å². The highest BCUT2D eigenvalue weighted by molar-refractivity contribution is 9.10. The van der Waals surface area contributed by atoms with Crippen molar-refractivity contribution in [2.45, 2.75) is 38.8 Å². The van der Waals surface area contributed by atoms with Crippen molar-refractivity contribution in [3.05, 3.63) is 55.4 Å². The molecule has 0 saturated carbocycles. The summed E-state index contributed by atoms with van der Waals surface area (Å²) < 4.78 is 9.93. The van der Waals surface area contributed by atoms with E-state index < -0.39 is 17.4 Å². The minimum atomic E-state index is -0.882. The van der Waals surface area contributed by atoms with Gasteiger partial charge in [-0.2, -0.15) is 0 Å². The van der Waals surface area contributed by atoms with Gasteiger partial charge >= 0.3 is 5.69 Å². The van der Waals surface area contributed by atoms with E-state index in [1.807, 2.05) is 24.3 Å². The Morgan fingerprint density at radius 2 is 1.76 bits per heavy atom. The number of benzene rings is 1. The molecule has 156 valence electrons. The molecular weight excluding hydrogens is 440 g/mol. The molecular formula is C20H25BrN4O4. The molecule has 8 nitrogen and oxygen atoms in total. The number of rotatable bonds is 5. The Morgan fingerprint density at radius 1 is 1.14 bits per heavy atom. The van der Waals surface area contributed by atoms with Gasteiger partial charge in [0.2, 0.25) is 0 Å². The molecule has 0 aliphatic rings. The van der Waals surface area contributed by atoms with Crippen LogP contribution in [0.25, 0.3) is 11.2 Å². The average molecular weight is 465 g/mol. The molecule has 29 heavy (non-hydrogen) atoms. The SMILES string of the molecule is Cn1c(=O)c2c(nc(Br)n2CC(O)COc2ccc(C(C)(C)C)cc2)n(C)c1=O. The lowest BCUT2D eigenvalue weighted by molar-refractivity contribution is 0.0928. The van der Waals surface area contributed by atoms with Crippen LogP contribution in [0.5, 0.6) is 5.75 Å². The summed E-state index contributed by atoms with van der Waals surface area (Å²) in [5.41, 5.74) is 0.833. The Morgan fingerprint density at radius 3 is 2.34 bits per heavy atom. The van der Waals surface area contributed by atoms with Crippen LogP contribution in [-0.2, 0) is 26.1 Å². The quantitative estimate of drug-likeness (QED) is 0.582. The van der Waals surface area contributed by atoms with Crippen molar-refractivity contribution >= 4 is 27.1 Å². The Kier molecular flexibility index (Phi) is 5.73. The number of hydrogen-bond donors (Lipinski definition) is 1. The van der Waals surface area contributed by atoms with Gasteiger partial charge in [0, 0.05) is 14.1 Å². The molecule has 0 spiro atoms. The lowest BCUT2D eigenvalue weighted by Crippen LogP contribution is -2.38. The van der Waals surface area contributed by atoms with Crippen molar-refractivity contribution in [1.29, 1.82) is 0 Å². The van der Waals surface area contributed by atoms with Crippen LogP contribution in [0.15, 0.2) is 38.6 Å². The van der Waals surface area contributed by atoms with Crippen molar-refractivity contribution in [2.75, 3.05) is 6.61 Å². The number of ether oxygens (including phenoxy) is 1. The maximum atomic E-state index is 12.6. The highest BCUT2D eigenvalue weighted by atomic mass is 79.9. The molecule has 1 atom stereocenters. The van der Waals surface area contributed by atoms with E-state index in [1.165, 1.54) is 17.2 Å². The second kappa shape index (κ2) is 7.79. The molecule has 1 N–H and O–H groups in total. The lowest BCUT2D eigenvalue weighted by Gasteiger charge is -2.19. The number of nitrogens with zero attached hydrogens (tertiary/aromatic N) is 4. The van der Waals surface area contributed by atoms with Crippen LogP contribution in [0, 0.1) is 0 Å². The summed E-state index contributed by atoms with van der Waals surface area (Å²) in [6.45, 7) is 6.55. The second-order valence-electron chi connectivity index (χ2n) is 8.11. The Labute approximate surface area is 176 Å². The van der Waals surface area contributed by atoms with Gasteiger partial charge < -0.3 is 14.4 Å². The van der Waals surface area contributed by atoms with Gasteiger partial charge in [-0.25, -0.2) is 9.78 Å². The van der Waals surface area contributed by atoms with E-state index in [0.29, 0.717) is 10.5 Å². The van der Waals surface area contributed by atoms with Crippen LogP contribution in [-0.4, -0.2) is 36.5 Å². The van der Waals surface area contributed by atoms with Gasteiger partial charge in [-0.15, -0.1) is 0 Å². The minimum absolute atomic E-state index is 0.0487. The first-order valence-electron chi connectivity index (χ1n) is 9.24. The first kappa shape index (κ1) is 21.3. The van der Waals surface area contributed by atoms with Crippen LogP contribution in [0.1, 0.15) is 26.3 Å². The summed E-state index contributed by atoms with van der Waals surface area (Å²) in [5, 5.41) is 10.5. The van der Waals surface area contributed by atoms with Crippen molar-refractivity contribution < 1.29 is 9.84 Å². The standard InChI is InChI=1S/C20H25BrN4O4/c1-20(2,3)12-6-8-14(9-7-12)29-11-13(26)10-25-15-16(22-18(25)21)23(4)19(28)24(5)17(15)27/h6-9,13,26H,10-11H2,1-5H3. The summed E-state index contributed by atoms with van der Waals surface area (Å²) in [5.74, 6) is 0.657. The van der Waals surface area contributed by atoms with Gasteiger partial charge in [-0.3, -0.25) is 13.9 Å². The molecule has 0 fully saturated rings. The number of aliphatic hydroxyl groups excluding tert-OH is 1. The zero-order chi connectivity index (χ0) is 21.5. The first-order chi connectivity index (χ1) is 13.5. The fourth-order valence-corrected chi connectivity index (χ4v) is 3.58. The average Bonchev–Trinajstić information content (AvgIpc) is 2.99.